The van der Waals surface area contributed by atoms with Crippen molar-refractivity contribution in [2.45, 2.75) is 64.9 Å². The number of ether oxygens (including phenoxy) is 2. The van der Waals surface area contributed by atoms with Gasteiger partial charge < -0.3 is 9.47 Å². The van der Waals surface area contributed by atoms with Crippen molar-refractivity contribution < 1.29 is 35.8 Å². The molecule has 0 aliphatic heterocycles. The van der Waals surface area contributed by atoms with E-state index in [2.05, 4.69) is 6.92 Å². The van der Waals surface area contributed by atoms with Crippen LogP contribution in [0, 0.1) is 23.5 Å². The van der Waals surface area contributed by atoms with Crippen LogP contribution >= 0.6 is 0 Å². The molecule has 0 unspecified atom stereocenters. The summed E-state index contributed by atoms with van der Waals surface area (Å²) in [5, 5.41) is 0. The lowest BCUT2D eigenvalue weighted by Gasteiger charge is -2.33. The van der Waals surface area contributed by atoms with E-state index < -0.39 is 35.6 Å². The Labute approximate surface area is 225 Å². The monoisotopic (exact) mass is 550 g/mol. The van der Waals surface area contributed by atoms with E-state index in [1.807, 2.05) is 0 Å². The molecule has 0 atom stereocenters. The summed E-state index contributed by atoms with van der Waals surface area (Å²) >= 11 is 0. The van der Waals surface area contributed by atoms with Crippen molar-refractivity contribution in [3.05, 3.63) is 71.8 Å². The van der Waals surface area contributed by atoms with Crippen molar-refractivity contribution in [2.75, 3.05) is 6.61 Å². The molecule has 4 rings (SSSR count). The minimum Gasteiger partial charge on any atom is -0.494 e. The Morgan fingerprint density at radius 3 is 2.03 bits per heavy atom. The van der Waals surface area contributed by atoms with Crippen molar-refractivity contribution >= 4 is 0 Å². The molecule has 1 aliphatic carbocycles. The highest BCUT2D eigenvalue weighted by Gasteiger charge is 2.43. The zero-order chi connectivity index (χ0) is 28.2. The van der Waals surface area contributed by atoms with Gasteiger partial charge in [-0.1, -0.05) is 44.0 Å². The third-order valence-corrected chi connectivity index (χ3v) is 7.38. The molecule has 0 radical (unpaired) electrons. The Morgan fingerprint density at radius 1 is 0.821 bits per heavy atom. The van der Waals surface area contributed by atoms with E-state index in [9.17, 15) is 22.0 Å². The Hall–Kier alpha value is -3.16. The van der Waals surface area contributed by atoms with Gasteiger partial charge in [0, 0.05) is 17.2 Å². The minimum absolute atomic E-state index is 0.0954. The van der Waals surface area contributed by atoms with Crippen LogP contribution in [0.1, 0.15) is 64.4 Å². The smallest absolute Gasteiger partial charge is 0.400 e. The first kappa shape index (κ1) is 28.8. The van der Waals surface area contributed by atoms with E-state index in [4.69, 9.17) is 9.47 Å². The largest absolute Gasteiger partial charge is 0.494 e. The first-order valence-electron chi connectivity index (χ1n) is 13.3. The van der Waals surface area contributed by atoms with E-state index in [0.717, 1.165) is 31.7 Å². The molecule has 0 amide bonds. The van der Waals surface area contributed by atoms with Gasteiger partial charge in [-0.25, -0.2) is 17.6 Å². The molecule has 0 bridgehead atoms. The second-order valence-electron chi connectivity index (χ2n) is 9.96. The summed E-state index contributed by atoms with van der Waals surface area (Å²) in [6, 6.07) is 11.5. The Bertz CT molecular complexity index is 1250. The summed E-state index contributed by atoms with van der Waals surface area (Å²) in [5.74, 6) is -2.30. The summed E-state index contributed by atoms with van der Waals surface area (Å²) in [4.78, 5) is 0. The van der Waals surface area contributed by atoms with E-state index in [1.165, 1.54) is 48.5 Å². The quantitative estimate of drug-likeness (QED) is 0.234. The molecule has 0 aromatic heterocycles. The van der Waals surface area contributed by atoms with E-state index in [0.29, 0.717) is 25.4 Å². The third kappa shape index (κ3) is 6.53. The van der Waals surface area contributed by atoms with Crippen molar-refractivity contribution in [2.24, 2.45) is 11.8 Å². The lowest BCUT2D eigenvalue weighted by atomic mass is 9.79. The fourth-order valence-corrected chi connectivity index (χ4v) is 5.37. The van der Waals surface area contributed by atoms with E-state index in [-0.39, 0.29) is 33.8 Å². The van der Waals surface area contributed by atoms with Crippen LogP contribution in [0.2, 0.25) is 0 Å². The summed E-state index contributed by atoms with van der Waals surface area (Å²) in [6.45, 7) is 4.10. The van der Waals surface area contributed by atoms with Crippen molar-refractivity contribution in [1.29, 1.82) is 0 Å². The molecule has 0 N–H and O–H groups in total. The van der Waals surface area contributed by atoms with Gasteiger partial charge in [0.05, 0.1) is 18.1 Å². The predicted octanol–water partition coefficient (Wildman–Crippen LogP) is 10.2. The summed E-state index contributed by atoms with van der Waals surface area (Å²) in [7, 11) is 0. The average molecular weight is 551 g/mol. The van der Waals surface area contributed by atoms with Gasteiger partial charge >= 0.3 is 6.11 Å². The molecule has 210 valence electrons. The first-order valence-corrected chi connectivity index (χ1v) is 13.3. The maximum atomic E-state index is 15.4. The fourth-order valence-electron chi connectivity index (χ4n) is 5.37. The van der Waals surface area contributed by atoms with Crippen LogP contribution in [-0.4, -0.2) is 12.7 Å². The normalized spacial score (nSPS) is 17.9. The molecule has 0 spiro atoms. The average Bonchev–Trinajstić information content (AvgIpc) is 2.89. The van der Waals surface area contributed by atoms with Crippen molar-refractivity contribution in [1.82, 2.24) is 0 Å². The van der Waals surface area contributed by atoms with Crippen molar-refractivity contribution in [3.8, 4) is 33.8 Å². The number of halogens is 6. The van der Waals surface area contributed by atoms with Gasteiger partial charge in [-0.05, 0) is 73.9 Å². The standard InChI is InChI=1S/C31H32F6O2/c1-3-5-19-6-10-21(11-7-19)31(36,37)39-22-12-8-20(9-13-22)24-16-17-26(28(29(24)33)30(34)35)25-15-14-23(38-4-2)18-27(25)32/h8-9,12-19,21,30H,3-7,10-11H2,1-2H3. The molecule has 2 nitrogen and oxygen atoms in total. The highest BCUT2D eigenvalue weighted by atomic mass is 19.3. The van der Waals surface area contributed by atoms with Crippen LogP contribution in [0.15, 0.2) is 54.6 Å². The topological polar surface area (TPSA) is 18.5 Å². The Morgan fingerprint density at radius 2 is 1.44 bits per heavy atom. The summed E-state index contributed by atoms with van der Waals surface area (Å²) in [5.41, 5.74) is -1.37. The molecule has 3 aromatic carbocycles. The molecule has 0 heterocycles. The number of alkyl halides is 4. The molecule has 39 heavy (non-hydrogen) atoms. The van der Waals surface area contributed by atoms with Gasteiger partial charge in [-0.15, -0.1) is 0 Å². The Kier molecular flexibility index (Phi) is 9.13. The van der Waals surface area contributed by atoms with Gasteiger partial charge in [0.1, 0.15) is 23.1 Å². The number of hydrogen-bond donors (Lipinski definition) is 0. The SMILES string of the molecule is CCCC1CCC(C(F)(F)Oc2ccc(-c3ccc(-c4ccc(OCC)cc4F)c(C(F)F)c3F)cc2)CC1. The van der Waals surface area contributed by atoms with Crippen LogP contribution in [0.25, 0.3) is 22.3 Å². The number of rotatable bonds is 10. The Balaban J connectivity index is 1.55. The van der Waals surface area contributed by atoms with Crippen LogP contribution in [0.4, 0.5) is 26.3 Å². The fraction of sp³-hybridized carbons (Fsp3) is 0.419. The van der Waals surface area contributed by atoms with Gasteiger partial charge in [-0.3, -0.25) is 0 Å². The molecule has 1 fully saturated rings. The molecule has 0 saturated heterocycles. The maximum Gasteiger partial charge on any atom is 0.400 e. The highest BCUT2D eigenvalue weighted by Crippen LogP contribution is 2.42. The second kappa shape index (κ2) is 12.3. The zero-order valence-corrected chi connectivity index (χ0v) is 22.0. The van der Waals surface area contributed by atoms with Gasteiger partial charge in [0.15, 0.2) is 0 Å². The summed E-state index contributed by atoms with van der Waals surface area (Å²) in [6.07, 6.45) is -2.22. The lowest BCUT2D eigenvalue weighted by molar-refractivity contribution is -0.223. The molecule has 1 saturated carbocycles. The number of hydrogen-bond acceptors (Lipinski definition) is 2. The lowest BCUT2D eigenvalue weighted by Crippen LogP contribution is -2.37. The van der Waals surface area contributed by atoms with Gasteiger partial charge in [0.2, 0.25) is 0 Å². The van der Waals surface area contributed by atoms with E-state index >= 15 is 4.39 Å². The predicted molar refractivity (Wildman–Crippen MR) is 139 cm³/mol. The second-order valence-corrected chi connectivity index (χ2v) is 9.96. The molecular formula is C31H32F6O2. The van der Waals surface area contributed by atoms with E-state index in [1.54, 1.807) is 6.92 Å². The van der Waals surface area contributed by atoms with Crippen LogP contribution in [0.3, 0.4) is 0 Å². The first-order chi connectivity index (χ1) is 18.6. The minimum atomic E-state index is -3.35. The zero-order valence-electron chi connectivity index (χ0n) is 22.0. The number of benzene rings is 3. The van der Waals surface area contributed by atoms with Crippen LogP contribution in [0.5, 0.6) is 11.5 Å². The highest BCUT2D eigenvalue weighted by molar-refractivity contribution is 5.75. The van der Waals surface area contributed by atoms with Crippen LogP contribution in [-0.2, 0) is 0 Å². The third-order valence-electron chi connectivity index (χ3n) is 7.38. The van der Waals surface area contributed by atoms with Gasteiger partial charge in [-0.2, -0.15) is 8.78 Å². The van der Waals surface area contributed by atoms with Crippen molar-refractivity contribution in [3.63, 3.8) is 0 Å². The molecular weight excluding hydrogens is 518 g/mol. The van der Waals surface area contributed by atoms with Gasteiger partial charge in [0.25, 0.3) is 6.43 Å². The molecule has 1 aliphatic rings. The molecule has 3 aromatic rings. The summed E-state index contributed by atoms with van der Waals surface area (Å²) < 4.78 is 98.1. The maximum absolute atomic E-state index is 15.4. The molecule has 8 heteroatoms. The van der Waals surface area contributed by atoms with Crippen LogP contribution < -0.4 is 9.47 Å².